The lowest BCUT2D eigenvalue weighted by Gasteiger charge is -2.47. The lowest BCUT2D eigenvalue weighted by atomic mass is 9.84. The fourth-order valence-electron chi connectivity index (χ4n) is 14.3. The van der Waals surface area contributed by atoms with Crippen molar-refractivity contribution in [2.45, 2.75) is 318 Å². The number of aromatic nitrogens is 6. The molecule has 0 bridgehead atoms. The van der Waals surface area contributed by atoms with Crippen molar-refractivity contribution in [2.24, 2.45) is 68.8 Å². The second-order valence-electron chi connectivity index (χ2n) is 28.2. The van der Waals surface area contributed by atoms with Crippen LogP contribution in [0.1, 0.15) is 70.2 Å². The van der Waals surface area contributed by atoms with Crippen molar-refractivity contribution in [1.82, 2.24) is 30.0 Å². The maximum atomic E-state index is 12.0. The summed E-state index contributed by atoms with van der Waals surface area (Å²) in [4.78, 5) is 0. The minimum Gasteiger partial charge on any atom is -0.389 e. The summed E-state index contributed by atoms with van der Waals surface area (Å²) in [5.74, 6) is 0. The molecule has 2 saturated carbocycles. The number of unbranched alkanes of at least 4 members (excludes halogenated alkanes) is 5. The van der Waals surface area contributed by atoms with E-state index in [1.807, 2.05) is 0 Å². The van der Waals surface area contributed by atoms with E-state index >= 15 is 0 Å². The highest BCUT2D eigenvalue weighted by atomic mass is 16.8. The van der Waals surface area contributed by atoms with Crippen molar-refractivity contribution >= 4 is 0 Å². The number of aliphatic hydroxyl groups is 12. The fourth-order valence-corrected chi connectivity index (χ4v) is 14.3. The minimum atomic E-state index is -1.67. The van der Waals surface area contributed by atoms with Crippen LogP contribution >= 0.6 is 0 Å². The minimum absolute atomic E-state index is 0. The molecule has 10 rings (SSSR count). The van der Waals surface area contributed by atoms with Crippen LogP contribution in [-0.4, -0.2) is 363 Å². The number of nitrogens with zero attached hydrogens (tertiary/aromatic N) is 6. The molecule has 38 atom stereocenters. The van der Waals surface area contributed by atoms with Crippen molar-refractivity contribution in [3.05, 3.63) is 23.8 Å². The fraction of sp³-hybridized carbons (Fsp3) is 0.934. The van der Waals surface area contributed by atoms with Gasteiger partial charge in [-0.1, -0.05) is 43.5 Å². The average molecular weight is 1520 g/mol. The van der Waals surface area contributed by atoms with Gasteiger partial charge < -0.3 is 196 Å². The molecular formula is C61H116N18O26. The molecule has 0 spiro atoms. The molecule has 0 amide bonds. The van der Waals surface area contributed by atoms with E-state index < -0.39 is 233 Å². The van der Waals surface area contributed by atoms with E-state index in [1.54, 1.807) is 12.4 Å². The summed E-state index contributed by atoms with van der Waals surface area (Å²) in [6.45, 7) is 0.000855. The molecule has 2 aromatic heterocycles. The van der Waals surface area contributed by atoms with E-state index in [1.165, 1.54) is 9.36 Å². The molecular weight excluding hydrogens is 1400 g/mol. The summed E-state index contributed by atoms with van der Waals surface area (Å²) in [5, 5.41) is 149. The number of ether oxygens (including phenoxy) is 14. The molecule has 2 aromatic rings. The Hall–Kier alpha value is -3.24. The molecule has 606 valence electrons. The predicted octanol–water partition coefficient (Wildman–Crippen LogP) is -14.2. The number of nitrogens with two attached hydrogens (primary N) is 12. The van der Waals surface area contributed by atoms with Gasteiger partial charge in [-0.2, -0.15) is 0 Å². The Morgan fingerprint density at radius 3 is 0.914 bits per heavy atom. The first kappa shape index (κ1) is 85.8. The molecule has 6 aliphatic heterocycles. The van der Waals surface area contributed by atoms with Crippen LogP contribution < -0.4 is 68.8 Å². The summed E-state index contributed by atoms with van der Waals surface area (Å²) in [6, 6.07) is -8.93. The van der Waals surface area contributed by atoms with Crippen LogP contribution in [0.15, 0.2) is 12.4 Å². The second-order valence-corrected chi connectivity index (χ2v) is 28.2. The third kappa shape index (κ3) is 20.0. The Labute approximate surface area is 605 Å². The first-order chi connectivity index (χ1) is 49.7. The van der Waals surface area contributed by atoms with E-state index in [0.717, 1.165) is 38.5 Å². The van der Waals surface area contributed by atoms with E-state index in [9.17, 15) is 61.3 Å². The number of rotatable bonds is 33. The van der Waals surface area contributed by atoms with Gasteiger partial charge in [0.1, 0.15) is 146 Å². The molecule has 44 nitrogen and oxygen atoms in total. The van der Waals surface area contributed by atoms with Gasteiger partial charge in [0.05, 0.1) is 75.1 Å². The van der Waals surface area contributed by atoms with Crippen molar-refractivity contribution in [3.63, 3.8) is 0 Å². The number of aliphatic hydroxyl groups excluding tert-OH is 12. The third-order valence-electron chi connectivity index (χ3n) is 20.6. The van der Waals surface area contributed by atoms with Gasteiger partial charge in [-0.15, -0.1) is 10.2 Å². The van der Waals surface area contributed by atoms with Crippen LogP contribution in [0.5, 0.6) is 0 Å². The van der Waals surface area contributed by atoms with Gasteiger partial charge in [0.2, 0.25) is 0 Å². The number of hydrogen-bond donors (Lipinski definition) is 24. The molecule has 20 unspecified atom stereocenters. The summed E-state index contributed by atoms with van der Waals surface area (Å²) in [5.41, 5.74) is 74.9. The maximum absolute atomic E-state index is 12.0. The predicted molar refractivity (Wildman–Crippen MR) is 356 cm³/mol. The molecule has 105 heavy (non-hydrogen) atoms. The molecule has 36 N–H and O–H groups in total. The summed E-state index contributed by atoms with van der Waals surface area (Å²) < 4.78 is 88.1. The van der Waals surface area contributed by atoms with Crippen LogP contribution in [-0.2, 0) is 92.6 Å². The van der Waals surface area contributed by atoms with Gasteiger partial charge in [0.15, 0.2) is 37.7 Å². The van der Waals surface area contributed by atoms with Gasteiger partial charge in [0.25, 0.3) is 0 Å². The molecule has 6 saturated heterocycles. The van der Waals surface area contributed by atoms with Crippen LogP contribution in [0.3, 0.4) is 0 Å². The van der Waals surface area contributed by atoms with E-state index in [2.05, 4.69) is 20.6 Å². The highest BCUT2D eigenvalue weighted by molar-refractivity contribution is 5.06. The van der Waals surface area contributed by atoms with Crippen LogP contribution in [0.2, 0.25) is 0 Å². The van der Waals surface area contributed by atoms with Crippen LogP contribution in [0.25, 0.3) is 0 Å². The van der Waals surface area contributed by atoms with Crippen molar-refractivity contribution in [3.8, 4) is 0 Å². The van der Waals surface area contributed by atoms with E-state index in [0.29, 0.717) is 24.6 Å². The first-order valence-corrected chi connectivity index (χ1v) is 35.5. The molecule has 8 fully saturated rings. The SMILES string of the molecule is C.NCC1O[C@H](OC2C(N)C[C@@H](N)C(O)[C@H]2O[C@@H]2O[C@H](Cn3cc(COCCCCCCCCOCc4cn(C[C@H]5O[C@@H](O[C@H]6C(O[C@H]7OC(CN)C(O)[C@H](O)C7N)C(N)C[C@@H](N)C6O)[C@@H](O)C5O[C@H]5O[C@@H](CN)C(O)C(O)C5N)nn4)nn3)C(O[C@H]3O[C@@H](CN)C(O)C(O)C3N)[C@@H]2O)C(N)[C@@H](O)C1O. The Bertz CT molecular complexity index is 2700. The Morgan fingerprint density at radius 2 is 0.610 bits per heavy atom. The van der Waals surface area contributed by atoms with Crippen LogP contribution in [0, 0.1) is 0 Å². The molecule has 44 heteroatoms. The van der Waals surface area contributed by atoms with Crippen molar-refractivity contribution < 1.29 is 128 Å². The van der Waals surface area contributed by atoms with Gasteiger partial charge in [-0.25, -0.2) is 9.36 Å². The Balaban J connectivity index is 0.0000128. The number of hydrogen-bond acceptors (Lipinski definition) is 42. The lowest BCUT2D eigenvalue weighted by molar-refractivity contribution is -0.306. The monoisotopic (exact) mass is 1520 g/mol. The highest BCUT2D eigenvalue weighted by Crippen LogP contribution is 2.38. The zero-order chi connectivity index (χ0) is 75.1. The van der Waals surface area contributed by atoms with Gasteiger partial charge in [-0.3, -0.25) is 0 Å². The topological polar surface area (TPSA) is 746 Å². The van der Waals surface area contributed by atoms with Gasteiger partial charge in [-0.05, 0) is 25.7 Å². The lowest BCUT2D eigenvalue weighted by Crippen LogP contribution is -2.68. The molecule has 8 aliphatic rings. The molecule has 0 aromatic carbocycles. The Kier molecular flexibility index (Phi) is 31.7. The zero-order valence-corrected chi connectivity index (χ0v) is 57.5. The van der Waals surface area contributed by atoms with Gasteiger partial charge >= 0.3 is 0 Å². The summed E-state index contributed by atoms with van der Waals surface area (Å²) in [7, 11) is 0. The summed E-state index contributed by atoms with van der Waals surface area (Å²) in [6.07, 6.45) is -33.0. The molecule has 0 radical (unpaired) electrons. The zero-order valence-electron chi connectivity index (χ0n) is 57.5. The molecule has 2 aliphatic carbocycles. The second kappa shape index (κ2) is 38.8. The largest absolute Gasteiger partial charge is 0.389 e. The van der Waals surface area contributed by atoms with Crippen LogP contribution in [0.4, 0.5) is 0 Å². The van der Waals surface area contributed by atoms with Crippen molar-refractivity contribution in [2.75, 3.05) is 39.4 Å². The standard InChI is InChI=1S/C60H112N18O26.CH4/c61-11-27-39(81)43(85)33(69)55(93-27)99-49-25(67)9-23(65)37(79)53(49)103-59-47(89)51(101-57-35(71)45(87)41(83)29(13-63)95-57)31(97-59)17-77-15-21(73-75-77)19-91-7-5-3-1-2-4-6-8-92-20-22-16-78(76-74-22)18-32-52(102-58-36(72)46(88)42(84)30(14-64)96-58)48(90)60(98-32)104-54-38(80)24(66)10-26(68)50(54)100-56-34(70)44(86)40(82)28(12-62)94-56;/h15-16,23-60,79-90H,1-14,17-20,61-72H2;1H4/t23-,24-,25?,26?,27?,28?,29+,30+,31-,32-,33?,34?,35?,36?,37?,38?,39?,40?,41?,42?,43-,44-,45?,46?,47+,48+,49?,50?,51?,52?,53-,54-,55-,56-,57-,58-,59+,60+;/m1./s1. The third-order valence-corrected chi connectivity index (χ3v) is 20.6. The maximum Gasteiger partial charge on any atom is 0.187 e. The Morgan fingerprint density at radius 1 is 0.333 bits per heavy atom. The molecule has 8 heterocycles. The quantitative estimate of drug-likeness (QED) is 0.0295. The normalized spacial score (nSPS) is 45.5. The summed E-state index contributed by atoms with van der Waals surface area (Å²) >= 11 is 0. The van der Waals surface area contributed by atoms with E-state index in [-0.39, 0.29) is 72.8 Å². The van der Waals surface area contributed by atoms with E-state index in [4.69, 9.17) is 135 Å². The highest BCUT2D eigenvalue weighted by Gasteiger charge is 2.58. The smallest absolute Gasteiger partial charge is 0.187 e. The van der Waals surface area contributed by atoms with Gasteiger partial charge in [0, 0.05) is 63.6 Å². The van der Waals surface area contributed by atoms with Crippen molar-refractivity contribution in [1.29, 1.82) is 0 Å². The average Bonchev–Trinajstić information content (AvgIpc) is 1.71. The first-order valence-electron chi connectivity index (χ1n) is 35.5.